The van der Waals surface area contributed by atoms with Crippen LogP contribution in [-0.4, -0.2) is 43.2 Å². The minimum atomic E-state index is -2.87. The van der Waals surface area contributed by atoms with Crippen molar-refractivity contribution < 1.29 is 17.7 Å². The van der Waals surface area contributed by atoms with E-state index in [0.29, 0.717) is 24.7 Å². The summed E-state index contributed by atoms with van der Waals surface area (Å²) in [5, 5.41) is 7.05. The van der Waals surface area contributed by atoms with Crippen LogP contribution in [0, 0.1) is 0 Å². The highest BCUT2D eigenvalue weighted by atomic mass is 32.2. The zero-order valence-corrected chi connectivity index (χ0v) is 12.6. The molecule has 1 fully saturated rings. The highest BCUT2D eigenvalue weighted by Gasteiger charge is 2.27. The van der Waals surface area contributed by atoms with Gasteiger partial charge in [-0.05, 0) is 12.8 Å². The van der Waals surface area contributed by atoms with Crippen LogP contribution in [-0.2, 0) is 21.1 Å². The van der Waals surface area contributed by atoms with Gasteiger partial charge in [0.05, 0.1) is 18.1 Å². The van der Waals surface area contributed by atoms with Gasteiger partial charge in [0.15, 0.2) is 9.84 Å². The van der Waals surface area contributed by atoms with Crippen molar-refractivity contribution in [2.24, 2.45) is 0 Å². The zero-order valence-electron chi connectivity index (χ0n) is 11.8. The van der Waals surface area contributed by atoms with Gasteiger partial charge < -0.3 is 14.6 Å². The summed E-state index contributed by atoms with van der Waals surface area (Å²) in [5.74, 6) is 1.44. The standard InChI is InChI=1S/C12H21N3O4S/c1-3-4-10(18-2)12-14-11(19-15-12)7-13-9-5-6-20(16,17)8-9/h9-10,13H,3-8H2,1-2H3. The number of nitrogens with one attached hydrogen (secondary N) is 1. The Morgan fingerprint density at radius 1 is 1.55 bits per heavy atom. The molecule has 1 aliphatic heterocycles. The van der Waals surface area contributed by atoms with E-state index in [4.69, 9.17) is 9.26 Å². The third-order valence-corrected chi connectivity index (χ3v) is 5.15. The number of aromatic nitrogens is 2. The summed E-state index contributed by atoms with van der Waals surface area (Å²) in [6.07, 6.45) is 2.30. The van der Waals surface area contributed by atoms with Gasteiger partial charge in [-0.1, -0.05) is 18.5 Å². The lowest BCUT2D eigenvalue weighted by Crippen LogP contribution is -2.29. The van der Waals surface area contributed by atoms with E-state index in [1.54, 1.807) is 7.11 Å². The van der Waals surface area contributed by atoms with Crippen molar-refractivity contribution in [3.63, 3.8) is 0 Å². The Morgan fingerprint density at radius 3 is 2.95 bits per heavy atom. The molecule has 2 atom stereocenters. The fourth-order valence-electron chi connectivity index (χ4n) is 2.27. The average Bonchev–Trinajstić information content (AvgIpc) is 3.00. The summed E-state index contributed by atoms with van der Waals surface area (Å²) in [4.78, 5) is 4.28. The molecule has 0 saturated carbocycles. The van der Waals surface area contributed by atoms with Crippen molar-refractivity contribution in [2.75, 3.05) is 18.6 Å². The Labute approximate surface area is 119 Å². The summed E-state index contributed by atoms with van der Waals surface area (Å²) < 4.78 is 33.2. The molecule has 20 heavy (non-hydrogen) atoms. The molecular formula is C12H21N3O4S. The number of nitrogens with zero attached hydrogens (tertiary/aromatic N) is 2. The molecule has 114 valence electrons. The van der Waals surface area contributed by atoms with E-state index in [1.807, 2.05) is 0 Å². The van der Waals surface area contributed by atoms with Gasteiger partial charge in [0.2, 0.25) is 11.7 Å². The summed E-state index contributed by atoms with van der Waals surface area (Å²) in [7, 11) is -1.25. The molecule has 2 heterocycles. The number of ether oxygens (including phenoxy) is 1. The predicted octanol–water partition coefficient (Wildman–Crippen LogP) is 0.834. The molecule has 7 nitrogen and oxygen atoms in total. The first-order chi connectivity index (χ1) is 9.54. The molecule has 0 aliphatic carbocycles. The summed E-state index contributed by atoms with van der Waals surface area (Å²) in [6, 6.07) is -0.0239. The van der Waals surface area contributed by atoms with Crippen molar-refractivity contribution in [1.82, 2.24) is 15.5 Å². The van der Waals surface area contributed by atoms with Crippen LogP contribution < -0.4 is 5.32 Å². The Kier molecular flexibility index (Phi) is 5.11. The minimum absolute atomic E-state index is 0.0239. The van der Waals surface area contributed by atoms with Gasteiger partial charge in [-0.2, -0.15) is 4.98 Å². The van der Waals surface area contributed by atoms with Crippen molar-refractivity contribution in [1.29, 1.82) is 0 Å². The number of methoxy groups -OCH3 is 1. The highest BCUT2D eigenvalue weighted by molar-refractivity contribution is 7.91. The number of rotatable bonds is 7. The van der Waals surface area contributed by atoms with Gasteiger partial charge in [-0.15, -0.1) is 0 Å². The van der Waals surface area contributed by atoms with E-state index in [9.17, 15) is 8.42 Å². The Balaban J connectivity index is 1.87. The van der Waals surface area contributed by atoms with E-state index in [1.165, 1.54) is 0 Å². The second-order valence-electron chi connectivity index (χ2n) is 5.04. The van der Waals surface area contributed by atoms with Crippen molar-refractivity contribution in [2.45, 2.75) is 44.9 Å². The summed E-state index contributed by atoms with van der Waals surface area (Å²) in [5.41, 5.74) is 0. The van der Waals surface area contributed by atoms with E-state index >= 15 is 0 Å². The third kappa shape index (κ3) is 4.00. The first kappa shape index (κ1) is 15.4. The lowest BCUT2D eigenvalue weighted by atomic mass is 10.2. The van der Waals surface area contributed by atoms with Crippen LogP contribution in [0.4, 0.5) is 0 Å². The molecule has 1 N–H and O–H groups in total. The summed E-state index contributed by atoms with van der Waals surface area (Å²) >= 11 is 0. The van der Waals surface area contributed by atoms with Crippen LogP contribution >= 0.6 is 0 Å². The molecular weight excluding hydrogens is 282 g/mol. The minimum Gasteiger partial charge on any atom is -0.373 e. The molecule has 1 aromatic rings. The summed E-state index contributed by atoms with van der Waals surface area (Å²) in [6.45, 7) is 2.45. The second kappa shape index (κ2) is 6.64. The Morgan fingerprint density at radius 2 is 2.35 bits per heavy atom. The Hall–Kier alpha value is -0.990. The fraction of sp³-hybridized carbons (Fsp3) is 0.833. The maximum Gasteiger partial charge on any atom is 0.240 e. The van der Waals surface area contributed by atoms with Crippen molar-refractivity contribution >= 4 is 9.84 Å². The number of sulfone groups is 1. The van der Waals surface area contributed by atoms with Crippen molar-refractivity contribution in [3.05, 3.63) is 11.7 Å². The number of hydrogen-bond acceptors (Lipinski definition) is 7. The van der Waals surface area contributed by atoms with E-state index in [0.717, 1.165) is 12.8 Å². The first-order valence-corrected chi connectivity index (χ1v) is 8.65. The van der Waals surface area contributed by atoms with Crippen LogP contribution in [0.1, 0.15) is 44.0 Å². The topological polar surface area (TPSA) is 94.3 Å². The van der Waals surface area contributed by atoms with Crippen LogP contribution in [0.2, 0.25) is 0 Å². The monoisotopic (exact) mass is 303 g/mol. The highest BCUT2D eigenvalue weighted by Crippen LogP contribution is 2.19. The lowest BCUT2D eigenvalue weighted by molar-refractivity contribution is 0.0854. The normalized spacial score (nSPS) is 23.0. The first-order valence-electron chi connectivity index (χ1n) is 6.83. The molecule has 2 rings (SSSR count). The van der Waals surface area contributed by atoms with Gasteiger partial charge in [0, 0.05) is 13.2 Å². The zero-order chi connectivity index (χ0) is 14.6. The molecule has 0 aromatic carbocycles. The molecule has 1 aromatic heterocycles. The molecule has 0 bridgehead atoms. The van der Waals surface area contributed by atoms with Crippen LogP contribution in [0.5, 0.6) is 0 Å². The van der Waals surface area contributed by atoms with Crippen LogP contribution in [0.15, 0.2) is 4.52 Å². The third-order valence-electron chi connectivity index (χ3n) is 3.38. The molecule has 0 radical (unpaired) electrons. The molecule has 0 spiro atoms. The Bertz CT molecular complexity index is 529. The van der Waals surface area contributed by atoms with E-state index in [-0.39, 0.29) is 23.7 Å². The van der Waals surface area contributed by atoms with Gasteiger partial charge in [0.1, 0.15) is 6.10 Å². The van der Waals surface area contributed by atoms with Gasteiger partial charge in [-0.3, -0.25) is 0 Å². The lowest BCUT2D eigenvalue weighted by Gasteiger charge is -2.08. The van der Waals surface area contributed by atoms with Gasteiger partial charge in [0.25, 0.3) is 0 Å². The molecule has 0 amide bonds. The number of hydrogen-bond donors (Lipinski definition) is 1. The maximum absolute atomic E-state index is 11.3. The van der Waals surface area contributed by atoms with Gasteiger partial charge in [-0.25, -0.2) is 8.42 Å². The quantitative estimate of drug-likeness (QED) is 0.797. The van der Waals surface area contributed by atoms with Crippen LogP contribution in [0.3, 0.4) is 0 Å². The van der Waals surface area contributed by atoms with Crippen molar-refractivity contribution in [3.8, 4) is 0 Å². The second-order valence-corrected chi connectivity index (χ2v) is 7.27. The fourth-order valence-corrected chi connectivity index (χ4v) is 3.98. The largest absolute Gasteiger partial charge is 0.373 e. The molecule has 1 saturated heterocycles. The molecule has 8 heteroatoms. The van der Waals surface area contributed by atoms with E-state index < -0.39 is 9.84 Å². The molecule has 1 aliphatic rings. The smallest absolute Gasteiger partial charge is 0.240 e. The maximum atomic E-state index is 11.3. The van der Waals surface area contributed by atoms with E-state index in [2.05, 4.69) is 22.4 Å². The predicted molar refractivity (Wildman–Crippen MR) is 72.9 cm³/mol. The average molecular weight is 303 g/mol. The van der Waals surface area contributed by atoms with Crippen LogP contribution in [0.25, 0.3) is 0 Å². The van der Waals surface area contributed by atoms with Gasteiger partial charge >= 0.3 is 0 Å². The SMILES string of the molecule is CCCC(OC)c1noc(CNC2CCS(=O)(=O)C2)n1. The molecule has 2 unspecified atom stereocenters.